The normalized spacial score (nSPS) is 20.4. The second-order valence-corrected chi connectivity index (χ2v) is 13.2. The number of thiazole rings is 1. The molecule has 5 nitrogen and oxygen atoms in total. The van der Waals surface area contributed by atoms with Crippen molar-refractivity contribution in [2.75, 3.05) is 5.73 Å². The summed E-state index contributed by atoms with van der Waals surface area (Å²) in [7, 11) is 0. The molecular weight excluding hydrogens is 507 g/mol. The van der Waals surface area contributed by atoms with Crippen LogP contribution >= 0.6 is 23.1 Å². The van der Waals surface area contributed by atoms with Crippen LogP contribution in [0.5, 0.6) is 0 Å². The number of rotatable bonds is 9. The van der Waals surface area contributed by atoms with Crippen molar-refractivity contribution >= 4 is 50.2 Å². The molecule has 0 amide bonds. The summed E-state index contributed by atoms with van der Waals surface area (Å²) in [5.41, 5.74) is 7.54. The molecule has 1 aliphatic rings. The summed E-state index contributed by atoms with van der Waals surface area (Å²) in [6, 6.07) is 10.5. The van der Waals surface area contributed by atoms with E-state index in [0.717, 1.165) is 45.5 Å². The van der Waals surface area contributed by atoms with Crippen molar-refractivity contribution in [1.29, 1.82) is 0 Å². The second kappa shape index (κ2) is 11.1. The summed E-state index contributed by atoms with van der Waals surface area (Å²) in [6.45, 7) is 8.41. The van der Waals surface area contributed by atoms with E-state index in [9.17, 15) is 14.0 Å². The van der Waals surface area contributed by atoms with E-state index in [1.54, 1.807) is 6.07 Å². The van der Waals surface area contributed by atoms with Crippen molar-refractivity contribution in [2.24, 2.45) is 0 Å². The number of unbranched alkanes of at least 4 members (excludes halogenated alkanes) is 2. The maximum absolute atomic E-state index is 13.7. The van der Waals surface area contributed by atoms with Crippen LogP contribution < -0.4 is 5.73 Å². The van der Waals surface area contributed by atoms with E-state index in [1.807, 2.05) is 18.2 Å². The summed E-state index contributed by atoms with van der Waals surface area (Å²) < 4.78 is 20.8. The lowest BCUT2D eigenvalue weighted by atomic mass is 9.82. The Labute approximate surface area is 226 Å². The van der Waals surface area contributed by atoms with Gasteiger partial charge >= 0.3 is 5.97 Å². The molecule has 1 aromatic heterocycles. The Balaban J connectivity index is 1.58. The minimum Gasteiger partial charge on any atom is -0.457 e. The predicted octanol–water partition coefficient (Wildman–Crippen LogP) is 7.24. The number of halogens is 1. The molecule has 8 heteroatoms. The monoisotopic (exact) mass is 542 g/mol. The zero-order chi connectivity index (χ0) is 26.8. The Hall–Kier alpha value is -2.45. The average Bonchev–Trinajstić information content (AvgIpc) is 3.18. The van der Waals surface area contributed by atoms with E-state index < -0.39 is 16.8 Å². The highest BCUT2D eigenvalue weighted by Gasteiger charge is 2.47. The number of aryl methyl sites for hydroxylation is 1. The molecule has 2 N–H and O–H groups in total. The van der Waals surface area contributed by atoms with Gasteiger partial charge in [-0.1, -0.05) is 64.0 Å². The van der Waals surface area contributed by atoms with E-state index in [0.29, 0.717) is 24.4 Å². The van der Waals surface area contributed by atoms with Crippen LogP contribution in [0.4, 0.5) is 9.52 Å². The van der Waals surface area contributed by atoms with Crippen molar-refractivity contribution in [1.82, 2.24) is 4.98 Å². The van der Waals surface area contributed by atoms with Crippen LogP contribution in [0.1, 0.15) is 77.3 Å². The second-order valence-electron chi connectivity index (χ2n) is 11.0. The summed E-state index contributed by atoms with van der Waals surface area (Å²) in [5, 5.41) is -0.433. The lowest BCUT2D eigenvalue weighted by Gasteiger charge is -2.39. The van der Waals surface area contributed by atoms with E-state index in [1.165, 1.54) is 35.2 Å². The average molecular weight is 543 g/mol. The van der Waals surface area contributed by atoms with Crippen LogP contribution in [-0.2, 0) is 26.2 Å². The number of Topliss-reactive ketones (excluding diaryl/α,β-unsaturated/α-hetero) is 1. The number of carbonyl (C=O) groups excluding carboxylic acids is 2. The maximum Gasteiger partial charge on any atom is 0.327 e. The van der Waals surface area contributed by atoms with Gasteiger partial charge in [0.2, 0.25) is 0 Å². The number of hydrogen-bond acceptors (Lipinski definition) is 7. The van der Waals surface area contributed by atoms with E-state index in [-0.39, 0.29) is 23.4 Å². The van der Waals surface area contributed by atoms with Gasteiger partial charge in [-0.3, -0.25) is 9.59 Å². The van der Waals surface area contributed by atoms with Crippen molar-refractivity contribution in [3.63, 3.8) is 0 Å². The van der Waals surface area contributed by atoms with Crippen LogP contribution in [0, 0.1) is 5.82 Å². The van der Waals surface area contributed by atoms with Gasteiger partial charge in [-0.15, -0.1) is 11.8 Å². The molecule has 4 rings (SSSR count). The highest BCUT2D eigenvalue weighted by atomic mass is 32.2. The number of benzene rings is 2. The number of nitrogen functional groups attached to an aromatic ring is 1. The van der Waals surface area contributed by atoms with Gasteiger partial charge in [-0.25, -0.2) is 9.37 Å². The van der Waals surface area contributed by atoms with Gasteiger partial charge in [0.15, 0.2) is 16.2 Å². The van der Waals surface area contributed by atoms with Crippen molar-refractivity contribution < 1.29 is 18.7 Å². The van der Waals surface area contributed by atoms with E-state index in [2.05, 4.69) is 32.7 Å². The molecule has 1 fully saturated rings. The summed E-state index contributed by atoms with van der Waals surface area (Å²) in [4.78, 5) is 32.2. The number of nitrogens with two attached hydrogens (primary N) is 1. The molecule has 2 aromatic carbocycles. The summed E-state index contributed by atoms with van der Waals surface area (Å²) in [6.07, 6.45) is 4.74. The van der Waals surface area contributed by atoms with Crippen LogP contribution in [0.15, 0.2) is 41.3 Å². The number of cyclic esters (lactones) is 1. The first-order valence-corrected chi connectivity index (χ1v) is 14.6. The molecule has 0 spiro atoms. The number of anilines is 1. The van der Waals surface area contributed by atoms with Crippen molar-refractivity contribution in [3.8, 4) is 0 Å². The summed E-state index contributed by atoms with van der Waals surface area (Å²) in [5.74, 6) is -0.887. The number of hydrogen-bond donors (Lipinski definition) is 1. The molecule has 1 saturated heterocycles. The molecular formula is C29H35FN2O3S2. The van der Waals surface area contributed by atoms with E-state index in [4.69, 9.17) is 10.5 Å². The fraction of sp³-hybridized carbons (Fsp3) is 0.483. The smallest absolute Gasteiger partial charge is 0.327 e. The number of ether oxygens (including phenoxy) is 1. The SMILES string of the molecule is CCCCC[C@]1(CCc2cccc(F)c2)CC(=O)C(Sc2cc3sc(N)nc3cc2C(C)(C)C)C(=O)O1. The molecule has 198 valence electrons. The Kier molecular flexibility index (Phi) is 8.29. The number of aromatic nitrogens is 1. The molecule has 3 aromatic rings. The Bertz CT molecular complexity index is 1280. The third-order valence-electron chi connectivity index (χ3n) is 6.87. The van der Waals surface area contributed by atoms with Crippen LogP contribution in [0.25, 0.3) is 10.2 Å². The van der Waals surface area contributed by atoms with Gasteiger partial charge in [0.1, 0.15) is 11.4 Å². The lowest BCUT2D eigenvalue weighted by Crippen LogP contribution is -2.49. The maximum atomic E-state index is 13.7. The van der Waals surface area contributed by atoms with Crippen LogP contribution in [-0.4, -0.2) is 27.6 Å². The zero-order valence-corrected chi connectivity index (χ0v) is 23.6. The van der Waals surface area contributed by atoms with Crippen LogP contribution in [0.2, 0.25) is 0 Å². The first-order valence-electron chi connectivity index (χ1n) is 12.9. The molecule has 1 aliphatic heterocycles. The molecule has 0 radical (unpaired) electrons. The molecule has 2 heterocycles. The number of nitrogens with zero attached hydrogens (tertiary/aromatic N) is 1. The van der Waals surface area contributed by atoms with Gasteiger partial charge < -0.3 is 10.5 Å². The molecule has 2 atom stereocenters. The van der Waals surface area contributed by atoms with Crippen molar-refractivity contribution in [2.45, 2.75) is 93.8 Å². The quantitative estimate of drug-likeness (QED) is 0.174. The molecule has 37 heavy (non-hydrogen) atoms. The first kappa shape index (κ1) is 27.6. The van der Waals surface area contributed by atoms with Crippen LogP contribution in [0.3, 0.4) is 0 Å². The number of ketones is 1. The minimum absolute atomic E-state index is 0.110. The fourth-order valence-electron chi connectivity index (χ4n) is 4.91. The van der Waals surface area contributed by atoms with E-state index >= 15 is 0 Å². The fourth-order valence-corrected chi connectivity index (χ4v) is 7.03. The largest absolute Gasteiger partial charge is 0.457 e. The third-order valence-corrected chi connectivity index (χ3v) is 9.00. The van der Waals surface area contributed by atoms with Gasteiger partial charge in [-0.05, 0) is 66.5 Å². The topological polar surface area (TPSA) is 82.3 Å². The number of esters is 1. The Morgan fingerprint density at radius 3 is 2.65 bits per heavy atom. The third kappa shape index (κ3) is 6.52. The molecule has 0 aliphatic carbocycles. The first-order chi connectivity index (χ1) is 17.5. The number of thioether (sulfide) groups is 1. The highest BCUT2D eigenvalue weighted by molar-refractivity contribution is 8.01. The van der Waals surface area contributed by atoms with Crippen molar-refractivity contribution in [3.05, 3.63) is 53.3 Å². The molecule has 1 unspecified atom stereocenters. The van der Waals surface area contributed by atoms with Gasteiger partial charge in [0.25, 0.3) is 0 Å². The Morgan fingerprint density at radius 1 is 1.19 bits per heavy atom. The molecule has 0 bridgehead atoms. The minimum atomic E-state index is -0.919. The zero-order valence-electron chi connectivity index (χ0n) is 21.9. The lowest BCUT2D eigenvalue weighted by molar-refractivity contribution is -0.171. The van der Waals surface area contributed by atoms with Gasteiger partial charge in [-0.2, -0.15) is 0 Å². The molecule has 0 saturated carbocycles. The van der Waals surface area contributed by atoms with Gasteiger partial charge in [0, 0.05) is 11.3 Å². The predicted molar refractivity (Wildman–Crippen MR) is 150 cm³/mol. The Morgan fingerprint density at radius 2 is 1.97 bits per heavy atom. The number of fused-ring (bicyclic) bond motifs is 1. The highest BCUT2D eigenvalue weighted by Crippen LogP contribution is 2.43. The number of carbonyl (C=O) groups is 2. The summed E-state index contributed by atoms with van der Waals surface area (Å²) >= 11 is 2.66. The van der Waals surface area contributed by atoms with Gasteiger partial charge in [0.05, 0.1) is 10.2 Å². The standard InChI is InChI=1S/C29H35FN2O3S2/c1-5-6-7-12-29(13-11-18-9-8-10-19(30)14-18)17-22(33)25(26(34)35-29)36-23-16-24-21(32-27(31)37-24)15-20(23)28(2,3)4/h8-10,14-16,25H,5-7,11-13,17H2,1-4H3,(H2,31,32)/t25?,29-/m0/s1.